The average Bonchev–Trinajstić information content (AvgIpc) is 3.05. The molecule has 0 bridgehead atoms. The summed E-state index contributed by atoms with van der Waals surface area (Å²) in [4.78, 5) is 4.00. The van der Waals surface area contributed by atoms with Gasteiger partial charge in [0.1, 0.15) is 17.3 Å². The number of nitrogens with one attached hydrogen (secondary N) is 1. The third-order valence-electron chi connectivity index (χ3n) is 3.92. The molecule has 27 heavy (non-hydrogen) atoms. The van der Waals surface area contributed by atoms with E-state index in [1.165, 1.54) is 0 Å². The summed E-state index contributed by atoms with van der Waals surface area (Å²) in [6, 6.07) is 14.4. The largest absolute Gasteiger partial charge is 0.306 e. The summed E-state index contributed by atoms with van der Waals surface area (Å²) in [5, 5.41) is 0. The quantitative estimate of drug-likeness (QED) is 0.576. The SMILES string of the molecule is O=S(=O)(Nc1cccc(-c2cn3ccccc3n2)c1)c1cc(F)cc(F)c1. The first-order valence-electron chi connectivity index (χ1n) is 7.94. The fourth-order valence-electron chi connectivity index (χ4n) is 2.71. The Morgan fingerprint density at radius 1 is 0.926 bits per heavy atom. The topological polar surface area (TPSA) is 63.5 Å². The van der Waals surface area contributed by atoms with Crippen molar-refractivity contribution in [2.24, 2.45) is 0 Å². The standard InChI is InChI=1S/C19H13F2N3O2S/c20-14-9-15(21)11-17(10-14)27(25,26)23-16-5-3-4-13(8-16)18-12-24-7-2-1-6-19(24)22-18/h1-12,23H. The predicted octanol–water partition coefficient (Wildman–Crippen LogP) is 4.08. The van der Waals surface area contributed by atoms with Crippen LogP contribution in [0.1, 0.15) is 0 Å². The van der Waals surface area contributed by atoms with Gasteiger partial charge in [0.05, 0.1) is 10.6 Å². The highest BCUT2D eigenvalue weighted by Gasteiger charge is 2.17. The Balaban J connectivity index is 1.68. The van der Waals surface area contributed by atoms with E-state index in [0.29, 0.717) is 17.3 Å². The van der Waals surface area contributed by atoms with Crippen LogP contribution >= 0.6 is 0 Å². The molecule has 0 radical (unpaired) electrons. The van der Waals surface area contributed by atoms with Crippen LogP contribution in [-0.4, -0.2) is 17.8 Å². The zero-order valence-corrected chi connectivity index (χ0v) is 14.6. The lowest BCUT2D eigenvalue weighted by molar-refractivity contribution is 0.568. The molecule has 5 nitrogen and oxygen atoms in total. The van der Waals surface area contributed by atoms with Crippen LogP contribution in [0, 0.1) is 11.6 Å². The monoisotopic (exact) mass is 385 g/mol. The van der Waals surface area contributed by atoms with Gasteiger partial charge in [0.25, 0.3) is 10.0 Å². The maximum Gasteiger partial charge on any atom is 0.262 e. The number of nitrogens with zero attached hydrogens (tertiary/aromatic N) is 2. The van der Waals surface area contributed by atoms with E-state index in [-0.39, 0.29) is 5.69 Å². The van der Waals surface area contributed by atoms with Crippen molar-refractivity contribution in [1.29, 1.82) is 0 Å². The summed E-state index contributed by atoms with van der Waals surface area (Å²) in [7, 11) is -4.14. The number of aromatic nitrogens is 2. The minimum absolute atomic E-state index is 0.259. The van der Waals surface area contributed by atoms with Crippen LogP contribution in [0.25, 0.3) is 16.9 Å². The zero-order valence-electron chi connectivity index (χ0n) is 13.8. The maximum absolute atomic E-state index is 13.3. The van der Waals surface area contributed by atoms with E-state index in [9.17, 15) is 17.2 Å². The molecular weight excluding hydrogens is 372 g/mol. The number of imidazole rings is 1. The van der Waals surface area contributed by atoms with Crippen LogP contribution in [0.15, 0.2) is 78.0 Å². The van der Waals surface area contributed by atoms with Crippen LogP contribution in [0.5, 0.6) is 0 Å². The van der Waals surface area contributed by atoms with Crippen molar-refractivity contribution in [2.45, 2.75) is 4.90 Å². The normalized spacial score (nSPS) is 11.6. The highest BCUT2D eigenvalue weighted by Crippen LogP contribution is 2.24. The molecular formula is C19H13F2N3O2S. The average molecular weight is 385 g/mol. The van der Waals surface area contributed by atoms with Crippen molar-refractivity contribution in [1.82, 2.24) is 9.38 Å². The molecule has 0 aliphatic carbocycles. The van der Waals surface area contributed by atoms with Crippen LogP contribution < -0.4 is 4.72 Å². The van der Waals surface area contributed by atoms with Gasteiger partial charge < -0.3 is 4.40 Å². The number of pyridine rings is 1. The first-order valence-corrected chi connectivity index (χ1v) is 9.42. The lowest BCUT2D eigenvalue weighted by Gasteiger charge is -2.09. The molecule has 0 amide bonds. The number of anilines is 1. The maximum atomic E-state index is 13.3. The second-order valence-corrected chi connectivity index (χ2v) is 7.57. The van der Waals surface area contributed by atoms with Crippen molar-refractivity contribution in [3.05, 3.63) is 84.7 Å². The van der Waals surface area contributed by atoms with Crippen LogP contribution in [0.4, 0.5) is 14.5 Å². The van der Waals surface area contributed by atoms with Crippen molar-refractivity contribution >= 4 is 21.4 Å². The molecule has 0 unspecified atom stereocenters. The molecule has 2 heterocycles. The van der Waals surface area contributed by atoms with E-state index in [2.05, 4.69) is 9.71 Å². The van der Waals surface area contributed by atoms with Gasteiger partial charge in [0, 0.05) is 29.7 Å². The van der Waals surface area contributed by atoms with Crippen molar-refractivity contribution < 1.29 is 17.2 Å². The van der Waals surface area contributed by atoms with E-state index >= 15 is 0 Å². The Morgan fingerprint density at radius 3 is 2.44 bits per heavy atom. The summed E-state index contributed by atoms with van der Waals surface area (Å²) in [5.41, 5.74) is 2.38. The number of hydrogen-bond acceptors (Lipinski definition) is 3. The molecule has 136 valence electrons. The second kappa shape index (κ2) is 6.48. The number of fused-ring (bicyclic) bond motifs is 1. The van der Waals surface area contributed by atoms with E-state index in [0.717, 1.165) is 17.8 Å². The Kier molecular flexibility index (Phi) is 4.12. The van der Waals surface area contributed by atoms with E-state index in [4.69, 9.17) is 0 Å². The summed E-state index contributed by atoms with van der Waals surface area (Å²) in [5.74, 6) is -1.93. The molecule has 2 aromatic carbocycles. The molecule has 0 spiro atoms. The Bertz CT molecular complexity index is 1200. The van der Waals surface area contributed by atoms with Crippen molar-refractivity contribution in [2.75, 3.05) is 4.72 Å². The van der Waals surface area contributed by atoms with Gasteiger partial charge in [0.15, 0.2) is 0 Å². The third kappa shape index (κ3) is 3.52. The van der Waals surface area contributed by atoms with Gasteiger partial charge in [-0.2, -0.15) is 0 Å². The molecule has 4 aromatic rings. The molecule has 0 atom stereocenters. The summed E-state index contributed by atoms with van der Waals surface area (Å²) in [6.07, 6.45) is 3.68. The van der Waals surface area contributed by atoms with E-state index in [1.54, 1.807) is 24.3 Å². The van der Waals surface area contributed by atoms with E-state index < -0.39 is 26.6 Å². The minimum Gasteiger partial charge on any atom is -0.306 e. The van der Waals surface area contributed by atoms with Gasteiger partial charge in [-0.15, -0.1) is 0 Å². The van der Waals surface area contributed by atoms with Gasteiger partial charge in [0.2, 0.25) is 0 Å². The second-order valence-electron chi connectivity index (χ2n) is 5.88. The summed E-state index contributed by atoms with van der Waals surface area (Å²) < 4.78 is 55.7. The number of hydrogen-bond donors (Lipinski definition) is 1. The highest BCUT2D eigenvalue weighted by molar-refractivity contribution is 7.92. The summed E-state index contributed by atoms with van der Waals surface area (Å²) in [6.45, 7) is 0. The van der Waals surface area contributed by atoms with Gasteiger partial charge >= 0.3 is 0 Å². The van der Waals surface area contributed by atoms with Gasteiger partial charge in [-0.05, 0) is 36.4 Å². The van der Waals surface area contributed by atoms with Crippen LogP contribution in [-0.2, 0) is 10.0 Å². The number of rotatable bonds is 4. The summed E-state index contributed by atoms with van der Waals surface area (Å²) >= 11 is 0. The van der Waals surface area contributed by atoms with Crippen molar-refractivity contribution in [3.8, 4) is 11.3 Å². The number of benzene rings is 2. The molecule has 1 N–H and O–H groups in total. The Hall–Kier alpha value is -3.26. The van der Waals surface area contributed by atoms with Crippen LogP contribution in [0.3, 0.4) is 0 Å². The van der Waals surface area contributed by atoms with Gasteiger partial charge in [-0.1, -0.05) is 18.2 Å². The highest BCUT2D eigenvalue weighted by atomic mass is 32.2. The molecule has 2 aromatic heterocycles. The molecule has 4 rings (SSSR count). The predicted molar refractivity (Wildman–Crippen MR) is 97.8 cm³/mol. The first-order chi connectivity index (χ1) is 12.9. The number of halogens is 2. The lowest BCUT2D eigenvalue weighted by atomic mass is 10.1. The molecule has 0 saturated heterocycles. The molecule has 0 saturated carbocycles. The minimum atomic E-state index is -4.14. The lowest BCUT2D eigenvalue weighted by Crippen LogP contribution is -2.13. The Morgan fingerprint density at radius 2 is 1.70 bits per heavy atom. The van der Waals surface area contributed by atoms with Crippen LogP contribution in [0.2, 0.25) is 0 Å². The molecule has 0 fully saturated rings. The van der Waals surface area contributed by atoms with Gasteiger partial charge in [-0.3, -0.25) is 4.72 Å². The van der Waals surface area contributed by atoms with E-state index in [1.807, 2.05) is 35.0 Å². The molecule has 0 aliphatic heterocycles. The smallest absolute Gasteiger partial charge is 0.262 e. The Labute approximate surface area is 154 Å². The third-order valence-corrected chi connectivity index (χ3v) is 5.28. The number of sulfonamides is 1. The first kappa shape index (κ1) is 17.2. The fraction of sp³-hybridized carbons (Fsp3) is 0. The molecule has 0 aliphatic rings. The zero-order chi connectivity index (χ0) is 19.0. The van der Waals surface area contributed by atoms with Crippen molar-refractivity contribution in [3.63, 3.8) is 0 Å². The van der Waals surface area contributed by atoms with Gasteiger partial charge in [-0.25, -0.2) is 22.2 Å². The molecule has 8 heteroatoms. The fourth-order valence-corrected chi connectivity index (χ4v) is 3.80.